The monoisotopic (exact) mass is 681 g/mol. The van der Waals surface area contributed by atoms with Crippen molar-refractivity contribution in [1.29, 1.82) is 0 Å². The van der Waals surface area contributed by atoms with Crippen molar-refractivity contribution >= 4 is 34.4 Å². The molecule has 6 rings (SSSR count). The molecule has 0 aliphatic carbocycles. The second kappa shape index (κ2) is 13.9. The van der Waals surface area contributed by atoms with Gasteiger partial charge in [-0.25, -0.2) is 14.1 Å². The molecule has 8 nitrogen and oxygen atoms in total. The molecule has 1 aliphatic rings. The van der Waals surface area contributed by atoms with E-state index < -0.39 is 11.2 Å². The maximum absolute atomic E-state index is 15.8. The Morgan fingerprint density at radius 2 is 1.96 bits per heavy atom. The zero-order chi connectivity index (χ0) is 34.9. The fourth-order valence-electron chi connectivity index (χ4n) is 7.01. The number of nitrogens with zero attached hydrogens (tertiary/aromatic N) is 4. The largest absolute Gasteiger partial charge is 0.469 e. The van der Waals surface area contributed by atoms with Gasteiger partial charge >= 0.3 is 5.97 Å². The number of carbonyl (C=O) groups excluding carboxylic acids is 2. The first-order valence-corrected chi connectivity index (χ1v) is 18.0. The van der Waals surface area contributed by atoms with Crippen LogP contribution >= 0.6 is 11.8 Å². The smallest absolute Gasteiger partial charge is 0.308 e. The van der Waals surface area contributed by atoms with Crippen molar-refractivity contribution in [3.05, 3.63) is 100 Å². The number of methoxy groups -OCH3 is 1. The fraction of sp³-hybridized carbons (Fsp3) is 0.410. The maximum Gasteiger partial charge on any atom is 0.308 e. The lowest BCUT2D eigenvalue weighted by Crippen LogP contribution is -2.27. The highest BCUT2D eigenvalue weighted by atomic mass is 32.2. The van der Waals surface area contributed by atoms with Crippen molar-refractivity contribution in [3.63, 3.8) is 0 Å². The van der Waals surface area contributed by atoms with Crippen LogP contribution in [0.1, 0.15) is 85.4 Å². The minimum Gasteiger partial charge on any atom is -0.469 e. The summed E-state index contributed by atoms with van der Waals surface area (Å²) in [5, 5.41) is 5.83. The highest BCUT2D eigenvalue weighted by Gasteiger charge is 2.35. The summed E-state index contributed by atoms with van der Waals surface area (Å²) in [5.74, 6) is 1.45. The van der Waals surface area contributed by atoms with E-state index in [-0.39, 0.29) is 28.6 Å². The molecular formula is C39H44FN5O3S. The van der Waals surface area contributed by atoms with E-state index in [2.05, 4.69) is 42.9 Å². The first-order chi connectivity index (χ1) is 23.4. The third kappa shape index (κ3) is 7.06. The molecule has 1 unspecified atom stereocenters. The van der Waals surface area contributed by atoms with Gasteiger partial charge in [0, 0.05) is 35.9 Å². The SMILES string of the molecule is COC(=O)C(C)Cc1cccc([C@@]2(C)CCCC(C)(C)CSCCc3c(c(F)cc4[nH]ccc34)C(=O)c3ccnc(c3)-c3nc2nn3C)c1. The first kappa shape index (κ1) is 34.5. The molecule has 10 heteroatoms. The quantitative estimate of drug-likeness (QED) is 0.193. The summed E-state index contributed by atoms with van der Waals surface area (Å²) < 4.78 is 22.5. The third-order valence-corrected chi connectivity index (χ3v) is 11.4. The third-order valence-electron chi connectivity index (χ3n) is 9.88. The molecule has 1 N–H and O–H groups in total. The van der Waals surface area contributed by atoms with Crippen molar-refractivity contribution in [2.75, 3.05) is 18.6 Å². The molecule has 2 aromatic carbocycles. The Morgan fingerprint density at radius 1 is 1.14 bits per heavy atom. The summed E-state index contributed by atoms with van der Waals surface area (Å²) >= 11 is 1.84. The first-order valence-electron chi connectivity index (χ1n) is 16.9. The van der Waals surface area contributed by atoms with E-state index in [0.717, 1.165) is 52.8 Å². The minimum absolute atomic E-state index is 0.0445. The molecule has 256 valence electrons. The summed E-state index contributed by atoms with van der Waals surface area (Å²) in [6.45, 7) is 8.65. The second-order valence-electron chi connectivity index (χ2n) is 14.3. The topological polar surface area (TPSA) is 103 Å². The van der Waals surface area contributed by atoms with Crippen LogP contribution in [0.15, 0.2) is 60.9 Å². The van der Waals surface area contributed by atoms with Crippen molar-refractivity contribution < 1.29 is 18.7 Å². The van der Waals surface area contributed by atoms with Gasteiger partial charge in [0.1, 0.15) is 11.5 Å². The van der Waals surface area contributed by atoms with E-state index in [4.69, 9.17) is 14.8 Å². The highest BCUT2D eigenvalue weighted by molar-refractivity contribution is 7.99. The Hall–Kier alpha value is -4.31. The molecule has 3 aromatic heterocycles. The zero-order valence-corrected chi connectivity index (χ0v) is 29.9. The Kier molecular flexibility index (Phi) is 9.80. The normalized spacial score (nSPS) is 19.1. The maximum atomic E-state index is 15.8. The minimum atomic E-state index is -0.549. The summed E-state index contributed by atoms with van der Waals surface area (Å²) in [5.41, 5.74) is 3.96. The standard InChI is InChI=1S/C39H44FN5O3S/c1-24(36(47)48-6)19-25-9-7-10-27(20-25)39(4)15-8-14-38(2,3)23-49-18-13-29-28-12-17-41-31(28)22-30(40)33(29)34(46)26-11-16-42-32(21-26)35-43-37(39)44-45(35)5/h7,9-12,16-17,20-22,24,41H,8,13-15,18-19,23H2,1-6H3/t24?,39-/m1/s1. The number of thioether (sulfide) groups is 1. The van der Waals surface area contributed by atoms with Gasteiger partial charge in [0.05, 0.1) is 24.0 Å². The Morgan fingerprint density at radius 3 is 2.76 bits per heavy atom. The van der Waals surface area contributed by atoms with E-state index in [1.807, 2.05) is 43.9 Å². The molecule has 0 saturated carbocycles. The van der Waals surface area contributed by atoms with Gasteiger partial charge < -0.3 is 9.72 Å². The Bertz CT molecular complexity index is 2020. The lowest BCUT2D eigenvalue weighted by Gasteiger charge is -2.31. The molecule has 0 spiro atoms. The molecule has 0 fully saturated rings. The van der Waals surface area contributed by atoms with Crippen LogP contribution in [0.25, 0.3) is 22.4 Å². The van der Waals surface area contributed by atoms with Gasteiger partial charge in [-0.3, -0.25) is 14.6 Å². The van der Waals surface area contributed by atoms with Crippen LogP contribution in [0.3, 0.4) is 0 Å². The van der Waals surface area contributed by atoms with Crippen molar-refractivity contribution in [3.8, 4) is 11.5 Å². The number of pyridine rings is 1. The number of H-pyrrole nitrogens is 1. The van der Waals surface area contributed by atoms with Crippen molar-refractivity contribution in [1.82, 2.24) is 24.7 Å². The van der Waals surface area contributed by atoms with Gasteiger partial charge in [-0.2, -0.15) is 16.9 Å². The number of carbonyl (C=O) groups is 2. The summed E-state index contributed by atoms with van der Waals surface area (Å²) in [7, 11) is 3.25. The zero-order valence-electron chi connectivity index (χ0n) is 29.1. The molecule has 5 aromatic rings. The number of aromatic nitrogens is 5. The van der Waals surface area contributed by atoms with Gasteiger partial charge in [-0.05, 0) is 90.5 Å². The molecule has 4 bridgehead atoms. The van der Waals surface area contributed by atoms with Gasteiger partial charge in [0.15, 0.2) is 17.4 Å². The van der Waals surface area contributed by atoms with Crippen LogP contribution in [0.2, 0.25) is 0 Å². The molecule has 4 heterocycles. The van der Waals surface area contributed by atoms with Crippen LogP contribution in [0, 0.1) is 17.2 Å². The number of benzene rings is 2. The number of aryl methyl sites for hydroxylation is 2. The summed E-state index contributed by atoms with van der Waals surface area (Å²) in [6.07, 6.45) is 7.24. The van der Waals surface area contributed by atoms with Gasteiger partial charge in [0.2, 0.25) is 0 Å². The average Bonchev–Trinajstić information content (AvgIpc) is 3.72. The van der Waals surface area contributed by atoms with Crippen molar-refractivity contribution in [2.24, 2.45) is 18.4 Å². The number of halogens is 1. The van der Waals surface area contributed by atoms with Crippen LogP contribution in [0.5, 0.6) is 0 Å². The molecule has 0 radical (unpaired) electrons. The van der Waals surface area contributed by atoms with E-state index >= 15 is 4.39 Å². The number of hydrogen-bond donors (Lipinski definition) is 1. The predicted octanol–water partition coefficient (Wildman–Crippen LogP) is 7.87. The number of fused-ring (bicyclic) bond motifs is 8. The van der Waals surface area contributed by atoms with Gasteiger partial charge in [-0.15, -0.1) is 0 Å². The number of hydrogen-bond acceptors (Lipinski definition) is 7. The van der Waals surface area contributed by atoms with Gasteiger partial charge in [-0.1, -0.05) is 51.5 Å². The van der Waals surface area contributed by atoms with Crippen LogP contribution in [0.4, 0.5) is 4.39 Å². The Labute approximate surface area is 291 Å². The van der Waals surface area contributed by atoms with E-state index in [1.165, 1.54) is 13.2 Å². The molecule has 1 aliphatic heterocycles. The molecule has 49 heavy (non-hydrogen) atoms. The van der Waals surface area contributed by atoms with E-state index in [9.17, 15) is 9.59 Å². The number of ether oxygens (including phenoxy) is 1. The summed E-state index contributed by atoms with van der Waals surface area (Å²) in [6, 6.07) is 15.0. The number of aromatic amines is 1. The molecular weight excluding hydrogens is 638 g/mol. The van der Waals surface area contributed by atoms with Crippen molar-refractivity contribution in [2.45, 2.75) is 65.2 Å². The van der Waals surface area contributed by atoms with Crippen LogP contribution < -0.4 is 0 Å². The lowest BCUT2D eigenvalue weighted by atomic mass is 9.75. The van der Waals surface area contributed by atoms with Crippen LogP contribution in [-0.2, 0) is 34.8 Å². The molecule has 2 atom stereocenters. The predicted molar refractivity (Wildman–Crippen MR) is 192 cm³/mol. The van der Waals surface area contributed by atoms with E-state index in [0.29, 0.717) is 41.3 Å². The average molecular weight is 682 g/mol. The fourth-order valence-corrected chi connectivity index (χ4v) is 8.20. The summed E-state index contributed by atoms with van der Waals surface area (Å²) in [4.78, 5) is 39.1. The van der Waals surface area contributed by atoms with Gasteiger partial charge in [0.25, 0.3) is 0 Å². The molecule has 0 saturated heterocycles. The highest BCUT2D eigenvalue weighted by Crippen LogP contribution is 2.39. The Balaban J connectivity index is 1.45. The van der Waals surface area contributed by atoms with E-state index in [1.54, 1.807) is 29.2 Å². The second-order valence-corrected chi connectivity index (χ2v) is 15.4. The molecule has 0 amide bonds. The number of rotatable bonds is 4. The van der Waals surface area contributed by atoms with Crippen LogP contribution in [-0.4, -0.2) is 55.1 Å². The number of ketones is 1. The number of esters is 1. The lowest BCUT2D eigenvalue weighted by molar-refractivity contribution is -0.144. The number of nitrogens with one attached hydrogen (secondary N) is 1.